The lowest BCUT2D eigenvalue weighted by molar-refractivity contribution is 0.0926. The van der Waals surface area contributed by atoms with Gasteiger partial charge in [0.15, 0.2) is 0 Å². The van der Waals surface area contributed by atoms with Crippen molar-refractivity contribution in [3.05, 3.63) is 21.5 Å². The zero-order chi connectivity index (χ0) is 10.7. The molecule has 0 aliphatic carbocycles. The Labute approximate surface area is 115 Å². The number of carbonyl (C=O) groups excluding carboxylic acids is 1. The van der Waals surface area contributed by atoms with Crippen molar-refractivity contribution in [1.29, 1.82) is 0 Å². The monoisotopic (exact) mass is 355 g/mol. The van der Waals surface area contributed by atoms with Gasteiger partial charge in [-0.15, -0.1) is 12.4 Å². The Bertz CT molecular complexity index is 350. The number of H-pyrrole nitrogens is 1. The molecule has 2 rings (SSSR count). The summed E-state index contributed by atoms with van der Waals surface area (Å²) in [5, 5.41) is 6.28. The Kier molecular flexibility index (Phi) is 5.57. The molecule has 0 spiro atoms. The lowest BCUT2D eigenvalue weighted by Crippen LogP contribution is -2.45. The Morgan fingerprint density at radius 1 is 1.56 bits per heavy atom. The normalized spacial score (nSPS) is 19.9. The molecule has 0 saturated carbocycles. The molecule has 2 heterocycles. The first kappa shape index (κ1) is 13.8. The standard InChI is InChI=1S/C10H14IN3O.ClH/c11-7-4-9(13-5-7)10(15)14-8-2-1-3-12-6-8;/h4-5,8,12-13H,1-3,6H2,(H,14,15);1H. The summed E-state index contributed by atoms with van der Waals surface area (Å²) in [5.41, 5.74) is 0.643. The maximum Gasteiger partial charge on any atom is 0.267 e. The number of hydrogen-bond donors (Lipinski definition) is 3. The van der Waals surface area contributed by atoms with Crippen molar-refractivity contribution >= 4 is 40.9 Å². The van der Waals surface area contributed by atoms with Crippen LogP contribution in [0.2, 0.25) is 0 Å². The van der Waals surface area contributed by atoms with E-state index in [1.807, 2.05) is 12.3 Å². The third-order valence-corrected chi connectivity index (χ3v) is 3.15. The minimum Gasteiger partial charge on any atom is -0.356 e. The van der Waals surface area contributed by atoms with Crippen LogP contribution in [0.1, 0.15) is 23.3 Å². The molecule has 1 aliphatic rings. The van der Waals surface area contributed by atoms with Crippen molar-refractivity contribution in [2.24, 2.45) is 0 Å². The number of amides is 1. The van der Waals surface area contributed by atoms with Gasteiger partial charge in [0, 0.05) is 22.4 Å². The number of hydrogen-bond acceptors (Lipinski definition) is 2. The number of nitrogens with one attached hydrogen (secondary N) is 3. The highest BCUT2D eigenvalue weighted by atomic mass is 127. The molecule has 1 amide bonds. The molecule has 1 unspecified atom stereocenters. The van der Waals surface area contributed by atoms with Gasteiger partial charge in [-0.2, -0.15) is 0 Å². The molecular weight excluding hydrogens is 340 g/mol. The van der Waals surface area contributed by atoms with Gasteiger partial charge in [-0.3, -0.25) is 4.79 Å². The largest absolute Gasteiger partial charge is 0.356 e. The summed E-state index contributed by atoms with van der Waals surface area (Å²) >= 11 is 2.18. The van der Waals surface area contributed by atoms with E-state index < -0.39 is 0 Å². The summed E-state index contributed by atoms with van der Waals surface area (Å²) in [4.78, 5) is 14.7. The minimum absolute atomic E-state index is 0. The lowest BCUT2D eigenvalue weighted by Gasteiger charge is -2.23. The summed E-state index contributed by atoms with van der Waals surface area (Å²) in [5.74, 6) is -0.00776. The molecular formula is C10H15ClIN3O. The molecule has 1 aromatic rings. The fourth-order valence-corrected chi connectivity index (χ4v) is 2.20. The van der Waals surface area contributed by atoms with E-state index in [-0.39, 0.29) is 24.4 Å². The van der Waals surface area contributed by atoms with Crippen LogP contribution in [-0.2, 0) is 0 Å². The van der Waals surface area contributed by atoms with Crippen LogP contribution in [-0.4, -0.2) is 30.0 Å². The van der Waals surface area contributed by atoms with Gasteiger partial charge in [-0.1, -0.05) is 0 Å². The van der Waals surface area contributed by atoms with Crippen molar-refractivity contribution in [2.75, 3.05) is 13.1 Å². The van der Waals surface area contributed by atoms with Gasteiger partial charge in [0.05, 0.1) is 0 Å². The first-order chi connectivity index (χ1) is 7.25. The maximum atomic E-state index is 11.8. The van der Waals surface area contributed by atoms with Gasteiger partial charge in [-0.25, -0.2) is 0 Å². The van der Waals surface area contributed by atoms with Crippen molar-refractivity contribution < 1.29 is 4.79 Å². The van der Waals surface area contributed by atoms with E-state index >= 15 is 0 Å². The number of halogens is 2. The highest BCUT2D eigenvalue weighted by Crippen LogP contribution is 2.07. The number of piperidine rings is 1. The molecule has 0 aromatic carbocycles. The second-order valence-corrected chi connectivity index (χ2v) is 4.99. The van der Waals surface area contributed by atoms with E-state index in [1.165, 1.54) is 0 Å². The molecule has 1 fully saturated rings. The van der Waals surface area contributed by atoms with Gasteiger partial charge < -0.3 is 15.6 Å². The third kappa shape index (κ3) is 3.64. The highest BCUT2D eigenvalue weighted by Gasteiger charge is 2.16. The SMILES string of the molecule is Cl.O=C(NC1CCCNC1)c1cc(I)c[nH]1. The molecule has 0 bridgehead atoms. The predicted octanol–water partition coefficient (Wildman–Crippen LogP) is 1.52. The Hall–Kier alpha value is -0.270. The smallest absolute Gasteiger partial charge is 0.267 e. The maximum absolute atomic E-state index is 11.8. The first-order valence-electron chi connectivity index (χ1n) is 5.11. The lowest BCUT2D eigenvalue weighted by atomic mass is 10.1. The average molecular weight is 356 g/mol. The summed E-state index contributed by atoms with van der Waals surface area (Å²) < 4.78 is 1.06. The second-order valence-electron chi connectivity index (χ2n) is 3.75. The van der Waals surface area contributed by atoms with Crippen LogP contribution in [0.5, 0.6) is 0 Å². The zero-order valence-electron chi connectivity index (χ0n) is 8.75. The number of carbonyl (C=O) groups is 1. The molecule has 6 heteroatoms. The van der Waals surface area contributed by atoms with Gasteiger partial charge in [-0.05, 0) is 48.0 Å². The molecule has 4 nitrogen and oxygen atoms in total. The number of aromatic nitrogens is 1. The van der Waals surface area contributed by atoms with Crippen LogP contribution in [0.15, 0.2) is 12.3 Å². The van der Waals surface area contributed by atoms with Crippen molar-refractivity contribution in [3.63, 3.8) is 0 Å². The van der Waals surface area contributed by atoms with E-state index in [9.17, 15) is 4.79 Å². The van der Waals surface area contributed by atoms with Crippen LogP contribution in [0.3, 0.4) is 0 Å². The molecule has 1 atom stereocenters. The summed E-state index contributed by atoms with van der Waals surface area (Å²) in [7, 11) is 0. The summed E-state index contributed by atoms with van der Waals surface area (Å²) in [6.45, 7) is 1.94. The first-order valence-corrected chi connectivity index (χ1v) is 6.19. The van der Waals surface area contributed by atoms with Crippen LogP contribution in [0.4, 0.5) is 0 Å². The van der Waals surface area contributed by atoms with Crippen molar-refractivity contribution in [3.8, 4) is 0 Å². The van der Waals surface area contributed by atoms with E-state index in [0.717, 1.165) is 29.5 Å². The van der Waals surface area contributed by atoms with Gasteiger partial charge >= 0.3 is 0 Å². The van der Waals surface area contributed by atoms with Crippen LogP contribution in [0, 0.1) is 3.57 Å². The third-order valence-electron chi connectivity index (χ3n) is 2.52. The fourth-order valence-electron chi connectivity index (χ4n) is 1.74. The topological polar surface area (TPSA) is 56.9 Å². The quantitative estimate of drug-likeness (QED) is 0.705. The minimum atomic E-state index is -0.00776. The van der Waals surface area contributed by atoms with E-state index in [2.05, 4.69) is 38.2 Å². The molecule has 90 valence electrons. The summed E-state index contributed by atoms with van der Waals surface area (Å²) in [6.07, 6.45) is 4.03. The summed E-state index contributed by atoms with van der Waals surface area (Å²) in [6, 6.07) is 2.12. The Morgan fingerprint density at radius 3 is 2.94 bits per heavy atom. The molecule has 3 N–H and O–H groups in total. The number of aromatic amines is 1. The van der Waals surface area contributed by atoms with Crippen molar-refractivity contribution in [2.45, 2.75) is 18.9 Å². The van der Waals surface area contributed by atoms with E-state index in [1.54, 1.807) is 0 Å². The zero-order valence-corrected chi connectivity index (χ0v) is 11.7. The van der Waals surface area contributed by atoms with Gasteiger partial charge in [0.1, 0.15) is 5.69 Å². The average Bonchev–Trinajstić information content (AvgIpc) is 2.66. The van der Waals surface area contributed by atoms with E-state index in [4.69, 9.17) is 0 Å². The van der Waals surface area contributed by atoms with Crippen LogP contribution in [0.25, 0.3) is 0 Å². The van der Waals surface area contributed by atoms with Gasteiger partial charge in [0.25, 0.3) is 5.91 Å². The van der Waals surface area contributed by atoms with E-state index in [0.29, 0.717) is 5.69 Å². The van der Waals surface area contributed by atoms with Crippen LogP contribution >= 0.6 is 35.0 Å². The molecule has 1 aliphatic heterocycles. The van der Waals surface area contributed by atoms with Crippen LogP contribution < -0.4 is 10.6 Å². The molecule has 16 heavy (non-hydrogen) atoms. The Morgan fingerprint density at radius 2 is 2.38 bits per heavy atom. The molecule has 0 radical (unpaired) electrons. The highest BCUT2D eigenvalue weighted by molar-refractivity contribution is 14.1. The molecule has 1 saturated heterocycles. The van der Waals surface area contributed by atoms with Gasteiger partial charge in [0.2, 0.25) is 0 Å². The predicted molar refractivity (Wildman–Crippen MR) is 74.1 cm³/mol. The fraction of sp³-hybridized carbons (Fsp3) is 0.500. The Balaban J connectivity index is 0.00000128. The molecule has 1 aromatic heterocycles. The number of rotatable bonds is 2. The van der Waals surface area contributed by atoms with Crippen molar-refractivity contribution in [1.82, 2.24) is 15.6 Å². The second kappa shape index (κ2) is 6.46.